The van der Waals surface area contributed by atoms with Crippen molar-refractivity contribution in [2.45, 2.75) is 0 Å². The van der Waals surface area contributed by atoms with Gasteiger partial charge in [-0.15, -0.1) is 0 Å². The summed E-state index contributed by atoms with van der Waals surface area (Å²) in [6.45, 7) is 0. The Morgan fingerprint density at radius 3 is 2.42 bits per heavy atom. The monoisotopic (exact) mass is 170 g/mol. The van der Waals surface area contributed by atoms with Gasteiger partial charge in [-0.1, -0.05) is 6.07 Å². The molecule has 0 fully saturated rings. The van der Waals surface area contributed by atoms with Crippen LogP contribution in [0.2, 0.25) is 0 Å². The maximum absolute atomic E-state index is 9.05. The lowest BCUT2D eigenvalue weighted by Crippen LogP contribution is -2.20. The Hall–Kier alpha value is -1.40. The van der Waals surface area contributed by atoms with Gasteiger partial charge in [-0.2, -0.15) is 0 Å². The number of phenols is 2. The Balaban J connectivity index is 2.92. The van der Waals surface area contributed by atoms with Crippen LogP contribution in [0.3, 0.4) is 0 Å². The molecule has 5 nitrogen and oxygen atoms in total. The average molecular weight is 170 g/mol. The summed E-state index contributed by atoms with van der Waals surface area (Å²) >= 11 is 0. The van der Waals surface area contributed by atoms with Crippen LogP contribution in [-0.2, 0) is 0 Å². The smallest absolute Gasteiger partial charge is 0.509 e. The van der Waals surface area contributed by atoms with Gasteiger partial charge in [-0.05, 0) is 12.1 Å². The molecule has 1 aromatic rings. The van der Waals surface area contributed by atoms with Crippen LogP contribution in [0.4, 0.5) is 0 Å². The van der Waals surface area contributed by atoms with Gasteiger partial charge in [0, 0.05) is 0 Å². The molecule has 6 heteroatoms. The number of hydrogen-bond donors (Lipinski definition) is 4. The van der Waals surface area contributed by atoms with Crippen molar-refractivity contribution in [2.24, 2.45) is 0 Å². The SMILES string of the molecule is OB(O)Oc1cccc(O)c1O. The number of rotatable bonds is 2. The maximum atomic E-state index is 9.05. The summed E-state index contributed by atoms with van der Waals surface area (Å²) in [5.41, 5.74) is 0. The predicted octanol–water partition coefficient (Wildman–Crippen LogP) is -0.554. The quantitative estimate of drug-likeness (QED) is 0.353. The lowest BCUT2D eigenvalue weighted by Gasteiger charge is -2.06. The number of para-hydroxylation sites is 1. The van der Waals surface area contributed by atoms with Gasteiger partial charge in [-0.3, -0.25) is 0 Å². The normalized spacial score (nSPS) is 9.50. The van der Waals surface area contributed by atoms with Crippen molar-refractivity contribution >= 4 is 7.32 Å². The number of phenolic OH excluding ortho intramolecular Hbond substituents is 2. The molecule has 0 unspecified atom stereocenters. The fourth-order valence-corrected chi connectivity index (χ4v) is 0.719. The molecule has 0 bridgehead atoms. The molecule has 0 aliphatic rings. The van der Waals surface area contributed by atoms with Gasteiger partial charge in [0.25, 0.3) is 0 Å². The van der Waals surface area contributed by atoms with E-state index in [1.54, 1.807) is 0 Å². The molecule has 12 heavy (non-hydrogen) atoms. The Labute approximate surface area is 68.6 Å². The van der Waals surface area contributed by atoms with Crippen molar-refractivity contribution in [1.82, 2.24) is 0 Å². The van der Waals surface area contributed by atoms with Gasteiger partial charge in [-0.25, -0.2) is 0 Å². The highest BCUT2D eigenvalue weighted by Crippen LogP contribution is 2.34. The molecule has 0 heterocycles. The molecule has 0 aliphatic heterocycles. The fourth-order valence-electron chi connectivity index (χ4n) is 0.719. The van der Waals surface area contributed by atoms with Crippen LogP contribution >= 0.6 is 0 Å². The molecular formula is C6H7BO5. The maximum Gasteiger partial charge on any atom is 0.707 e. The van der Waals surface area contributed by atoms with E-state index in [4.69, 9.17) is 20.3 Å². The minimum absolute atomic E-state index is 0.190. The van der Waals surface area contributed by atoms with Crippen LogP contribution in [0.25, 0.3) is 0 Å². The minimum atomic E-state index is -2.02. The van der Waals surface area contributed by atoms with Crippen molar-refractivity contribution < 1.29 is 24.9 Å². The highest BCUT2D eigenvalue weighted by Gasteiger charge is 2.15. The van der Waals surface area contributed by atoms with E-state index in [-0.39, 0.29) is 11.5 Å². The molecule has 0 amide bonds. The molecule has 0 aromatic heterocycles. The van der Waals surface area contributed by atoms with Crippen LogP contribution in [0.5, 0.6) is 17.2 Å². The average Bonchev–Trinajstić information content (AvgIpc) is 1.98. The van der Waals surface area contributed by atoms with Crippen molar-refractivity contribution in [3.8, 4) is 17.2 Å². The Morgan fingerprint density at radius 2 is 1.83 bits per heavy atom. The van der Waals surface area contributed by atoms with Crippen molar-refractivity contribution in [3.05, 3.63) is 18.2 Å². The van der Waals surface area contributed by atoms with E-state index in [9.17, 15) is 0 Å². The second-order valence-corrected chi connectivity index (χ2v) is 2.07. The van der Waals surface area contributed by atoms with E-state index >= 15 is 0 Å². The molecule has 0 radical (unpaired) electrons. The van der Waals surface area contributed by atoms with Gasteiger partial charge in [0.1, 0.15) is 5.75 Å². The van der Waals surface area contributed by atoms with Crippen LogP contribution in [0.1, 0.15) is 0 Å². The van der Waals surface area contributed by atoms with E-state index in [1.165, 1.54) is 18.2 Å². The van der Waals surface area contributed by atoms with Crippen LogP contribution < -0.4 is 4.65 Å². The molecular weight excluding hydrogens is 163 g/mol. The molecule has 0 spiro atoms. The van der Waals surface area contributed by atoms with Crippen molar-refractivity contribution in [3.63, 3.8) is 0 Å². The summed E-state index contributed by atoms with van der Waals surface area (Å²) in [6, 6.07) is 3.92. The number of aromatic hydroxyl groups is 2. The fraction of sp³-hybridized carbons (Fsp3) is 0. The zero-order valence-electron chi connectivity index (χ0n) is 6.01. The standard InChI is InChI=1S/C6H7BO5/c8-4-2-1-3-5(6(4)9)12-7(10)11/h1-3,8-11H. The van der Waals surface area contributed by atoms with Crippen LogP contribution in [-0.4, -0.2) is 27.6 Å². The first kappa shape index (κ1) is 8.70. The van der Waals surface area contributed by atoms with Crippen molar-refractivity contribution in [2.75, 3.05) is 0 Å². The first-order valence-corrected chi connectivity index (χ1v) is 3.15. The lowest BCUT2D eigenvalue weighted by atomic mass is 10.2. The second-order valence-electron chi connectivity index (χ2n) is 2.07. The minimum Gasteiger partial charge on any atom is -0.509 e. The molecule has 1 aromatic carbocycles. The molecule has 64 valence electrons. The zero-order valence-corrected chi connectivity index (χ0v) is 6.01. The summed E-state index contributed by atoms with van der Waals surface area (Å²) in [7, 11) is -2.02. The molecule has 0 aliphatic carbocycles. The molecule has 0 atom stereocenters. The van der Waals surface area contributed by atoms with E-state index in [1.807, 2.05) is 0 Å². The van der Waals surface area contributed by atoms with E-state index < -0.39 is 13.1 Å². The number of benzene rings is 1. The van der Waals surface area contributed by atoms with Crippen LogP contribution in [0.15, 0.2) is 18.2 Å². The van der Waals surface area contributed by atoms with Crippen molar-refractivity contribution in [1.29, 1.82) is 0 Å². The van der Waals surface area contributed by atoms with Gasteiger partial charge < -0.3 is 24.9 Å². The molecule has 0 saturated heterocycles. The largest absolute Gasteiger partial charge is 0.707 e. The first-order chi connectivity index (χ1) is 5.61. The summed E-state index contributed by atoms with van der Waals surface area (Å²) in [5.74, 6) is -1.09. The summed E-state index contributed by atoms with van der Waals surface area (Å²) in [5, 5.41) is 34.7. The summed E-state index contributed by atoms with van der Waals surface area (Å²) in [6.07, 6.45) is 0. The van der Waals surface area contributed by atoms with Gasteiger partial charge in [0.2, 0.25) is 0 Å². The number of hydrogen-bond acceptors (Lipinski definition) is 5. The van der Waals surface area contributed by atoms with Crippen LogP contribution in [0, 0.1) is 0 Å². The third-order valence-electron chi connectivity index (χ3n) is 1.21. The Morgan fingerprint density at radius 1 is 1.17 bits per heavy atom. The van der Waals surface area contributed by atoms with E-state index in [0.29, 0.717) is 0 Å². The molecule has 4 N–H and O–H groups in total. The van der Waals surface area contributed by atoms with E-state index in [0.717, 1.165) is 0 Å². The predicted molar refractivity (Wildman–Crippen MR) is 40.6 cm³/mol. The van der Waals surface area contributed by atoms with Gasteiger partial charge in [0.15, 0.2) is 11.5 Å². The third-order valence-corrected chi connectivity index (χ3v) is 1.21. The zero-order chi connectivity index (χ0) is 9.14. The highest BCUT2D eigenvalue weighted by atomic mass is 16.6. The van der Waals surface area contributed by atoms with E-state index in [2.05, 4.69) is 4.65 Å². The molecule has 1 rings (SSSR count). The topological polar surface area (TPSA) is 90.2 Å². The Bertz CT molecular complexity index is 275. The second kappa shape index (κ2) is 3.33. The third kappa shape index (κ3) is 1.80. The summed E-state index contributed by atoms with van der Waals surface area (Å²) < 4.78 is 4.33. The summed E-state index contributed by atoms with van der Waals surface area (Å²) in [4.78, 5) is 0. The van der Waals surface area contributed by atoms with Gasteiger partial charge >= 0.3 is 7.32 Å². The highest BCUT2D eigenvalue weighted by molar-refractivity contribution is 6.33. The van der Waals surface area contributed by atoms with Gasteiger partial charge in [0.05, 0.1) is 0 Å². The first-order valence-electron chi connectivity index (χ1n) is 3.15. The lowest BCUT2D eigenvalue weighted by molar-refractivity contribution is 0.279. The molecule has 0 saturated carbocycles. The Kier molecular flexibility index (Phi) is 2.42.